The number of hydrogen-bond acceptors (Lipinski definition) is 4. The van der Waals surface area contributed by atoms with Crippen molar-refractivity contribution in [1.29, 1.82) is 0 Å². The number of ether oxygens (including phenoxy) is 1. The van der Waals surface area contributed by atoms with Crippen molar-refractivity contribution in [2.45, 2.75) is 32.1 Å². The maximum absolute atomic E-state index is 11.6. The van der Waals surface area contributed by atoms with Gasteiger partial charge in [0, 0.05) is 12.3 Å². The molecule has 0 radical (unpaired) electrons. The van der Waals surface area contributed by atoms with Crippen LogP contribution in [0.4, 0.5) is 0 Å². The average Bonchev–Trinajstić information content (AvgIpc) is 2.74. The summed E-state index contributed by atoms with van der Waals surface area (Å²) in [6.07, 6.45) is 3.52. The first-order valence-electron chi connectivity index (χ1n) is 6.35. The minimum Gasteiger partial charge on any atom is -0.372 e. The van der Waals surface area contributed by atoms with Crippen LogP contribution in [0.25, 0.3) is 0 Å². The fraction of sp³-hybridized carbons (Fsp3) is 0.636. The molecule has 6 nitrogen and oxygen atoms in total. The summed E-state index contributed by atoms with van der Waals surface area (Å²) >= 11 is 0. The number of aromatic nitrogens is 2. The SMILES string of the molecule is CC1C[C@H](Cn2ccc(=O)[nH]c2=O)O[C@@H]1CPPP=O. The normalized spacial score (nSPS) is 27.4. The molecule has 9 heteroatoms. The van der Waals surface area contributed by atoms with Gasteiger partial charge in [-0.2, -0.15) is 0 Å². The molecule has 1 saturated heterocycles. The van der Waals surface area contributed by atoms with Crippen LogP contribution < -0.4 is 11.2 Å². The Hall–Kier alpha value is -0.400. The quantitative estimate of drug-likeness (QED) is 0.635. The van der Waals surface area contributed by atoms with E-state index in [1.165, 1.54) is 16.8 Å². The van der Waals surface area contributed by atoms with Crippen LogP contribution in [-0.4, -0.2) is 27.9 Å². The van der Waals surface area contributed by atoms with Gasteiger partial charge in [0.25, 0.3) is 5.56 Å². The van der Waals surface area contributed by atoms with Gasteiger partial charge in [-0.1, -0.05) is 15.2 Å². The number of H-pyrrole nitrogens is 1. The van der Waals surface area contributed by atoms with E-state index in [2.05, 4.69) is 11.9 Å². The predicted octanol–water partition coefficient (Wildman–Crippen LogP) is 1.81. The van der Waals surface area contributed by atoms with E-state index < -0.39 is 5.69 Å². The number of nitrogens with zero attached hydrogens (tertiary/aromatic N) is 1. The second kappa shape index (κ2) is 7.56. The van der Waals surface area contributed by atoms with Gasteiger partial charge in [-0.25, -0.2) is 4.79 Å². The molecule has 1 aliphatic heterocycles. The fourth-order valence-corrected chi connectivity index (χ4v) is 5.69. The van der Waals surface area contributed by atoms with Crippen LogP contribution >= 0.6 is 24.4 Å². The zero-order valence-corrected chi connectivity index (χ0v) is 13.9. The highest BCUT2D eigenvalue weighted by Crippen LogP contribution is 2.48. The second-order valence-corrected chi connectivity index (χ2v) is 10.3. The van der Waals surface area contributed by atoms with Gasteiger partial charge in [0.1, 0.15) is 0 Å². The molecule has 1 aromatic heterocycles. The molecule has 0 aromatic carbocycles. The Morgan fingerprint density at radius 3 is 3.05 bits per heavy atom. The third-order valence-electron chi connectivity index (χ3n) is 3.36. The fourth-order valence-electron chi connectivity index (χ4n) is 2.36. The maximum Gasteiger partial charge on any atom is 0.328 e. The van der Waals surface area contributed by atoms with E-state index in [1.54, 1.807) is 0 Å². The summed E-state index contributed by atoms with van der Waals surface area (Å²) < 4.78 is 17.9. The van der Waals surface area contributed by atoms with Crippen LogP contribution in [0.15, 0.2) is 21.9 Å². The van der Waals surface area contributed by atoms with E-state index in [1.807, 2.05) is 0 Å². The molecule has 0 saturated carbocycles. The molecule has 0 amide bonds. The number of nitrogens with one attached hydrogen (secondary N) is 1. The Bertz CT molecular complexity index is 573. The van der Waals surface area contributed by atoms with Crippen molar-refractivity contribution >= 4 is 24.4 Å². The standard InChI is InChI=1S/C11H17N2O4P3/c1-7-4-8(17-9(7)6-18-20-19-16)5-13-3-2-10(14)12-11(13)15/h2-3,7-9,18,20H,4-6H2,1H3,(H,12,14,15)/t7?,8-,9-/m1/s1. The molecule has 0 bridgehead atoms. The van der Waals surface area contributed by atoms with Crippen molar-refractivity contribution in [2.75, 3.05) is 6.16 Å². The third-order valence-corrected chi connectivity index (χ3v) is 7.82. The minimum atomic E-state index is -0.397. The Balaban J connectivity index is 1.93. The zero-order valence-electron chi connectivity index (χ0n) is 11.0. The highest BCUT2D eigenvalue weighted by molar-refractivity contribution is 8.40. The second-order valence-electron chi connectivity index (χ2n) is 4.86. The van der Waals surface area contributed by atoms with Crippen molar-refractivity contribution in [3.05, 3.63) is 33.1 Å². The summed E-state index contributed by atoms with van der Waals surface area (Å²) in [5, 5.41) is 0. The molecule has 1 aliphatic rings. The lowest BCUT2D eigenvalue weighted by Gasteiger charge is -2.15. The van der Waals surface area contributed by atoms with Gasteiger partial charge in [-0.15, -0.1) is 0 Å². The minimum absolute atomic E-state index is 0.00321. The van der Waals surface area contributed by atoms with E-state index in [4.69, 9.17) is 4.74 Å². The number of hydrogen-bond donors (Lipinski definition) is 1. The van der Waals surface area contributed by atoms with Gasteiger partial charge in [0.05, 0.1) is 18.8 Å². The molecule has 1 fully saturated rings. The van der Waals surface area contributed by atoms with Crippen molar-refractivity contribution < 1.29 is 9.30 Å². The predicted molar refractivity (Wildman–Crippen MR) is 82.9 cm³/mol. The van der Waals surface area contributed by atoms with Gasteiger partial charge >= 0.3 is 5.69 Å². The molecule has 2 rings (SSSR count). The Labute approximate surface area is 121 Å². The highest BCUT2D eigenvalue weighted by Gasteiger charge is 2.31. The molecule has 3 unspecified atom stereocenters. The van der Waals surface area contributed by atoms with E-state index in [0.29, 0.717) is 28.7 Å². The molecule has 0 aliphatic carbocycles. The van der Waals surface area contributed by atoms with Crippen LogP contribution in [0, 0.1) is 5.92 Å². The zero-order chi connectivity index (χ0) is 14.5. The highest BCUT2D eigenvalue weighted by atomic mass is 32.4. The topological polar surface area (TPSA) is 81.2 Å². The van der Waals surface area contributed by atoms with Crippen molar-refractivity contribution in [3.8, 4) is 0 Å². The molecule has 2 heterocycles. The molecule has 20 heavy (non-hydrogen) atoms. The molecular formula is C11H17N2O4P3. The maximum atomic E-state index is 11.6. The molecule has 1 N–H and O–H groups in total. The lowest BCUT2D eigenvalue weighted by Crippen LogP contribution is -2.32. The summed E-state index contributed by atoms with van der Waals surface area (Å²) in [7, 11) is 1.35. The van der Waals surface area contributed by atoms with Crippen LogP contribution in [0.2, 0.25) is 0 Å². The van der Waals surface area contributed by atoms with Crippen LogP contribution in [0.5, 0.6) is 0 Å². The first-order valence-corrected chi connectivity index (χ1v) is 11.2. The van der Waals surface area contributed by atoms with Crippen molar-refractivity contribution in [1.82, 2.24) is 9.55 Å². The monoisotopic (exact) mass is 334 g/mol. The first-order chi connectivity index (χ1) is 9.60. The molecule has 110 valence electrons. The van der Waals surface area contributed by atoms with Crippen LogP contribution in [-0.2, 0) is 15.8 Å². The average molecular weight is 334 g/mol. The first kappa shape index (κ1) is 16.0. The third kappa shape index (κ3) is 4.30. The summed E-state index contributed by atoms with van der Waals surface area (Å²) in [4.78, 5) is 24.9. The molecule has 5 atom stereocenters. The number of rotatable bonds is 6. The molecule has 0 spiro atoms. The summed E-state index contributed by atoms with van der Waals surface area (Å²) in [5.41, 5.74) is -0.783. The van der Waals surface area contributed by atoms with E-state index in [9.17, 15) is 14.2 Å². The van der Waals surface area contributed by atoms with Crippen LogP contribution in [0.1, 0.15) is 13.3 Å². The van der Waals surface area contributed by atoms with E-state index >= 15 is 0 Å². The lowest BCUT2D eigenvalue weighted by atomic mass is 10.0. The van der Waals surface area contributed by atoms with Gasteiger partial charge in [-0.3, -0.25) is 18.9 Å². The van der Waals surface area contributed by atoms with Crippen molar-refractivity contribution in [2.24, 2.45) is 5.92 Å². The summed E-state index contributed by atoms with van der Waals surface area (Å²) in [5.74, 6) is 0.444. The van der Waals surface area contributed by atoms with Gasteiger partial charge in [-0.05, 0) is 26.5 Å². The van der Waals surface area contributed by atoms with Gasteiger partial charge < -0.3 is 4.74 Å². The Kier molecular flexibility index (Phi) is 6.04. The van der Waals surface area contributed by atoms with Gasteiger partial charge in [0.15, 0.2) is 8.15 Å². The molecule has 1 aromatic rings. The summed E-state index contributed by atoms with van der Waals surface area (Å²) in [6, 6.07) is 1.34. The smallest absolute Gasteiger partial charge is 0.328 e. The Morgan fingerprint density at radius 1 is 1.55 bits per heavy atom. The lowest BCUT2D eigenvalue weighted by molar-refractivity contribution is 0.0402. The van der Waals surface area contributed by atoms with Crippen molar-refractivity contribution in [3.63, 3.8) is 0 Å². The largest absolute Gasteiger partial charge is 0.372 e. The van der Waals surface area contributed by atoms with Crippen LogP contribution in [0.3, 0.4) is 0 Å². The van der Waals surface area contributed by atoms with Gasteiger partial charge in [0.2, 0.25) is 0 Å². The Morgan fingerprint density at radius 2 is 2.35 bits per heavy atom. The molecular weight excluding hydrogens is 317 g/mol. The van der Waals surface area contributed by atoms with E-state index in [0.717, 1.165) is 12.6 Å². The summed E-state index contributed by atoms with van der Waals surface area (Å²) in [6.45, 7) is 2.60. The number of aromatic amines is 1. The van der Waals surface area contributed by atoms with E-state index in [-0.39, 0.29) is 25.9 Å².